The van der Waals surface area contributed by atoms with Crippen molar-refractivity contribution in [2.24, 2.45) is 5.92 Å². The zero-order valence-corrected chi connectivity index (χ0v) is 11.3. The van der Waals surface area contributed by atoms with Gasteiger partial charge in [-0.3, -0.25) is 9.59 Å². The number of esters is 1. The number of nitrogens with two attached hydrogens (primary N) is 1. The average molecular weight is 263 g/mol. The van der Waals surface area contributed by atoms with Crippen LogP contribution < -0.4 is 5.73 Å². The number of carbonyl (C=O) groups excluding carboxylic acids is 2. The number of aromatic nitrogens is 2. The largest absolute Gasteiger partial charge is 0.459 e. The molecule has 1 unspecified atom stereocenters. The fraction of sp³-hybridized carbons (Fsp3) is 0.615. The van der Waals surface area contributed by atoms with Crippen LogP contribution in [0, 0.1) is 5.92 Å². The molecule has 0 bridgehead atoms. The summed E-state index contributed by atoms with van der Waals surface area (Å²) in [5.74, 6) is 0.417. The quantitative estimate of drug-likeness (QED) is 0.807. The summed E-state index contributed by atoms with van der Waals surface area (Å²) in [6.07, 6.45) is 0.869. The highest BCUT2D eigenvalue weighted by molar-refractivity contribution is 6.05. The van der Waals surface area contributed by atoms with Crippen LogP contribution in [0.2, 0.25) is 0 Å². The molecule has 2 atom stereocenters. The van der Waals surface area contributed by atoms with E-state index >= 15 is 0 Å². The maximum Gasteiger partial charge on any atom is 0.328 e. The van der Waals surface area contributed by atoms with Crippen LogP contribution in [0.5, 0.6) is 0 Å². The van der Waals surface area contributed by atoms with Gasteiger partial charge in [0.1, 0.15) is 23.7 Å². The van der Waals surface area contributed by atoms with Crippen molar-refractivity contribution in [1.29, 1.82) is 0 Å². The molecular weight excluding hydrogens is 246 g/mol. The number of rotatable bonds is 2. The molecule has 6 nitrogen and oxygen atoms in total. The first-order valence-corrected chi connectivity index (χ1v) is 6.40. The van der Waals surface area contributed by atoms with Crippen LogP contribution in [0.25, 0.3) is 0 Å². The van der Waals surface area contributed by atoms with Gasteiger partial charge in [-0.1, -0.05) is 0 Å². The molecule has 1 heterocycles. The minimum absolute atomic E-state index is 0.0548. The molecule has 0 saturated heterocycles. The van der Waals surface area contributed by atoms with E-state index in [0.717, 1.165) is 12.0 Å². The normalized spacial score (nSPS) is 24.1. The van der Waals surface area contributed by atoms with Gasteiger partial charge in [0.05, 0.1) is 0 Å². The third-order valence-electron chi connectivity index (χ3n) is 3.46. The predicted molar refractivity (Wildman–Crippen MR) is 67.7 cm³/mol. The van der Waals surface area contributed by atoms with Crippen LogP contribution in [0.1, 0.15) is 49.2 Å². The first-order valence-electron chi connectivity index (χ1n) is 6.40. The van der Waals surface area contributed by atoms with Crippen molar-refractivity contribution in [3.05, 3.63) is 11.3 Å². The zero-order valence-electron chi connectivity index (χ0n) is 11.3. The monoisotopic (exact) mass is 263 g/mol. The number of hydrogen-bond donors (Lipinski definition) is 1. The van der Waals surface area contributed by atoms with Crippen LogP contribution in [0.3, 0.4) is 0 Å². The molecular formula is C13H17N3O3. The minimum Gasteiger partial charge on any atom is -0.459 e. The van der Waals surface area contributed by atoms with Gasteiger partial charge in [-0.25, -0.2) is 4.68 Å². The molecule has 6 heteroatoms. The molecule has 1 aromatic heterocycles. The molecule has 1 saturated carbocycles. The number of hydrogen-bond acceptors (Lipinski definition) is 5. The van der Waals surface area contributed by atoms with E-state index in [0.29, 0.717) is 11.5 Å². The van der Waals surface area contributed by atoms with Gasteiger partial charge in [0.2, 0.25) is 0 Å². The molecule has 0 amide bonds. The van der Waals surface area contributed by atoms with Gasteiger partial charge in [0.15, 0.2) is 5.78 Å². The Kier molecular flexibility index (Phi) is 2.30. The first kappa shape index (κ1) is 12.2. The van der Waals surface area contributed by atoms with Crippen LogP contribution in [0.15, 0.2) is 0 Å². The molecule has 102 valence electrons. The van der Waals surface area contributed by atoms with Crippen molar-refractivity contribution >= 4 is 17.6 Å². The van der Waals surface area contributed by atoms with Crippen molar-refractivity contribution in [1.82, 2.24) is 9.78 Å². The number of ketones is 1. The van der Waals surface area contributed by atoms with Gasteiger partial charge < -0.3 is 10.5 Å². The van der Waals surface area contributed by atoms with Gasteiger partial charge in [0.25, 0.3) is 0 Å². The molecule has 0 aromatic carbocycles. The van der Waals surface area contributed by atoms with Gasteiger partial charge in [-0.15, -0.1) is 0 Å². The number of nitrogen functional groups attached to an aromatic ring is 1. The Hall–Kier alpha value is -1.85. The third kappa shape index (κ3) is 1.91. The molecule has 2 aliphatic carbocycles. The summed E-state index contributed by atoms with van der Waals surface area (Å²) in [5.41, 5.74) is 6.72. The van der Waals surface area contributed by atoms with Crippen LogP contribution in [0.4, 0.5) is 5.82 Å². The molecule has 19 heavy (non-hydrogen) atoms. The van der Waals surface area contributed by atoms with Crippen LogP contribution in [-0.2, 0) is 16.1 Å². The summed E-state index contributed by atoms with van der Waals surface area (Å²) >= 11 is 0. The Labute approximate surface area is 110 Å². The predicted octanol–water partition coefficient (Wildman–Crippen LogP) is 1.11. The lowest BCUT2D eigenvalue weighted by molar-refractivity contribution is -0.155. The van der Waals surface area contributed by atoms with Crippen molar-refractivity contribution in [3.63, 3.8) is 0 Å². The number of anilines is 1. The van der Waals surface area contributed by atoms with E-state index in [1.165, 1.54) is 4.68 Å². The van der Waals surface area contributed by atoms with Crippen molar-refractivity contribution in [3.8, 4) is 0 Å². The van der Waals surface area contributed by atoms with Gasteiger partial charge >= 0.3 is 5.97 Å². The Bertz CT molecular complexity index is 583. The van der Waals surface area contributed by atoms with Crippen molar-refractivity contribution in [2.45, 2.75) is 45.3 Å². The topological polar surface area (TPSA) is 87.2 Å². The maximum absolute atomic E-state index is 11.9. The molecule has 2 aliphatic rings. The van der Waals surface area contributed by atoms with E-state index in [2.05, 4.69) is 5.10 Å². The van der Waals surface area contributed by atoms with E-state index in [1.807, 2.05) is 0 Å². The molecule has 1 aromatic rings. The Morgan fingerprint density at radius 1 is 1.47 bits per heavy atom. The number of carbonyl (C=O) groups is 2. The lowest BCUT2D eigenvalue weighted by Gasteiger charge is -2.19. The third-order valence-corrected chi connectivity index (χ3v) is 3.46. The van der Waals surface area contributed by atoms with Gasteiger partial charge in [-0.2, -0.15) is 5.10 Å². The first-order chi connectivity index (χ1) is 8.78. The van der Waals surface area contributed by atoms with Gasteiger partial charge in [0, 0.05) is 17.4 Å². The molecule has 1 fully saturated rings. The zero-order chi connectivity index (χ0) is 13.9. The summed E-state index contributed by atoms with van der Waals surface area (Å²) in [6.45, 7) is 5.35. The molecule has 3 rings (SSSR count). The number of Topliss-reactive ketones (excluding diaryl/α,β-unsaturated/α-hetero) is 1. The fourth-order valence-corrected chi connectivity index (χ4v) is 2.63. The number of fused-ring (bicyclic) bond motifs is 3. The second-order valence-corrected chi connectivity index (χ2v) is 6.20. The summed E-state index contributed by atoms with van der Waals surface area (Å²) in [7, 11) is 0. The van der Waals surface area contributed by atoms with E-state index in [4.69, 9.17) is 10.5 Å². The highest BCUT2D eigenvalue weighted by atomic mass is 16.6. The van der Waals surface area contributed by atoms with Gasteiger partial charge in [-0.05, 0) is 27.2 Å². The maximum atomic E-state index is 11.9. The average Bonchev–Trinajstić information content (AvgIpc) is 2.90. The molecule has 2 N–H and O–H groups in total. The summed E-state index contributed by atoms with van der Waals surface area (Å²) in [5, 5.41) is 4.16. The van der Waals surface area contributed by atoms with Crippen molar-refractivity contribution in [2.75, 3.05) is 5.73 Å². The smallest absolute Gasteiger partial charge is 0.328 e. The molecule has 0 radical (unpaired) electrons. The SMILES string of the molecule is CC(C)(C)OC(=O)Cn1nc2c(c1N)[C@H]1CC1C2=O. The highest BCUT2D eigenvalue weighted by Crippen LogP contribution is 2.57. The van der Waals surface area contributed by atoms with E-state index in [9.17, 15) is 9.59 Å². The van der Waals surface area contributed by atoms with Crippen molar-refractivity contribution < 1.29 is 14.3 Å². The lowest BCUT2D eigenvalue weighted by atomic mass is 10.2. The van der Waals surface area contributed by atoms with Crippen LogP contribution >= 0.6 is 0 Å². The number of ether oxygens (including phenoxy) is 1. The fourth-order valence-electron chi connectivity index (χ4n) is 2.63. The Morgan fingerprint density at radius 3 is 2.74 bits per heavy atom. The second kappa shape index (κ2) is 3.59. The summed E-state index contributed by atoms with van der Waals surface area (Å²) < 4.78 is 6.60. The summed E-state index contributed by atoms with van der Waals surface area (Å²) in [6, 6.07) is 0. The minimum atomic E-state index is -0.543. The lowest BCUT2D eigenvalue weighted by Crippen LogP contribution is -2.27. The Balaban J connectivity index is 1.81. The number of nitrogens with zero attached hydrogens (tertiary/aromatic N) is 2. The highest BCUT2D eigenvalue weighted by Gasteiger charge is 2.55. The molecule has 0 aliphatic heterocycles. The van der Waals surface area contributed by atoms with E-state index in [-0.39, 0.29) is 24.2 Å². The standard InChI is InChI=1S/C13H17N3O3/c1-13(2,3)19-8(17)5-16-12(14)9-6-4-7(6)11(18)10(9)15-16/h6-7H,4-5,14H2,1-3H3/t6-,7?/m0/s1. The molecule has 0 spiro atoms. The Morgan fingerprint density at radius 2 is 2.16 bits per heavy atom. The van der Waals surface area contributed by atoms with E-state index in [1.54, 1.807) is 20.8 Å². The van der Waals surface area contributed by atoms with Crippen LogP contribution in [-0.4, -0.2) is 27.1 Å². The second-order valence-electron chi connectivity index (χ2n) is 6.20. The summed E-state index contributed by atoms with van der Waals surface area (Å²) in [4.78, 5) is 23.6. The van der Waals surface area contributed by atoms with E-state index < -0.39 is 11.6 Å².